The number of ether oxygens (including phenoxy) is 2. The molecule has 4 nitrogen and oxygen atoms in total. The summed E-state index contributed by atoms with van der Waals surface area (Å²) in [6, 6.07) is 1.90. The lowest BCUT2D eigenvalue weighted by Crippen LogP contribution is -2.14. The molecule has 0 saturated heterocycles. The van der Waals surface area contributed by atoms with Crippen molar-refractivity contribution in [1.82, 2.24) is 5.32 Å². The van der Waals surface area contributed by atoms with E-state index < -0.39 is 0 Å². The Hall–Kier alpha value is -0.560. The number of fused-ring (bicyclic) bond motifs is 1. The van der Waals surface area contributed by atoms with Gasteiger partial charge in [-0.25, -0.2) is 0 Å². The first-order chi connectivity index (χ1) is 10.1. The zero-order chi connectivity index (χ0) is 15.4. The van der Waals surface area contributed by atoms with Gasteiger partial charge in [-0.1, -0.05) is 6.92 Å². The third-order valence-corrected chi connectivity index (χ3v) is 4.60. The van der Waals surface area contributed by atoms with Crippen molar-refractivity contribution < 1.29 is 13.9 Å². The van der Waals surface area contributed by atoms with Gasteiger partial charge in [0.1, 0.15) is 17.1 Å². The van der Waals surface area contributed by atoms with Gasteiger partial charge in [-0.05, 0) is 50.9 Å². The summed E-state index contributed by atoms with van der Waals surface area (Å²) in [6.07, 6.45) is 1.08. The third-order valence-electron chi connectivity index (χ3n) is 3.22. The summed E-state index contributed by atoms with van der Waals surface area (Å²) in [4.78, 5) is 0. The van der Waals surface area contributed by atoms with E-state index in [9.17, 15) is 0 Å². The van der Waals surface area contributed by atoms with Gasteiger partial charge in [-0.3, -0.25) is 0 Å². The Kier molecular flexibility index (Phi) is 6.10. The molecule has 6 heteroatoms. The van der Waals surface area contributed by atoms with E-state index in [1.807, 2.05) is 6.07 Å². The third kappa shape index (κ3) is 3.44. The zero-order valence-electron chi connectivity index (χ0n) is 12.4. The monoisotopic (exact) mass is 419 g/mol. The van der Waals surface area contributed by atoms with Crippen LogP contribution in [0.25, 0.3) is 11.0 Å². The number of nitrogens with one attached hydrogen (secondary N) is 1. The number of rotatable bonds is 7. The Morgan fingerprint density at radius 3 is 2.67 bits per heavy atom. The van der Waals surface area contributed by atoms with E-state index >= 15 is 0 Å². The molecule has 0 spiro atoms. The molecule has 0 amide bonds. The Labute approximate surface area is 141 Å². The topological polar surface area (TPSA) is 43.6 Å². The lowest BCUT2D eigenvalue weighted by molar-refractivity contribution is 0.183. The summed E-state index contributed by atoms with van der Waals surface area (Å²) >= 11 is 7.16. The Morgan fingerprint density at radius 2 is 2.05 bits per heavy atom. The van der Waals surface area contributed by atoms with Gasteiger partial charge in [0, 0.05) is 18.1 Å². The van der Waals surface area contributed by atoms with Crippen molar-refractivity contribution in [2.45, 2.75) is 26.5 Å². The Balaban J connectivity index is 2.56. The van der Waals surface area contributed by atoms with Crippen LogP contribution in [0.5, 0.6) is 5.75 Å². The van der Waals surface area contributed by atoms with Crippen LogP contribution in [0.4, 0.5) is 0 Å². The quantitative estimate of drug-likeness (QED) is 0.664. The molecule has 1 N–H and O–H groups in total. The molecular formula is C15H19Br2NO3. The number of methoxy groups -OCH3 is 2. The lowest BCUT2D eigenvalue weighted by atomic mass is 10.1. The summed E-state index contributed by atoms with van der Waals surface area (Å²) in [5.74, 6) is 1.66. The summed E-state index contributed by atoms with van der Waals surface area (Å²) in [6.45, 7) is 4.27. The molecule has 0 saturated carbocycles. The predicted molar refractivity (Wildman–Crippen MR) is 90.9 cm³/mol. The molecule has 1 heterocycles. The number of benzene rings is 1. The smallest absolute Gasteiger partial charge is 0.150 e. The molecule has 0 unspecified atom stereocenters. The van der Waals surface area contributed by atoms with Crippen molar-refractivity contribution in [2.75, 3.05) is 20.8 Å². The summed E-state index contributed by atoms with van der Waals surface area (Å²) in [5, 5.41) is 4.36. The van der Waals surface area contributed by atoms with Crippen molar-refractivity contribution in [3.05, 3.63) is 26.3 Å². The Bertz CT molecular complexity index is 625. The van der Waals surface area contributed by atoms with E-state index in [1.165, 1.54) is 0 Å². The molecule has 0 fully saturated rings. The number of halogens is 2. The highest BCUT2D eigenvalue weighted by Gasteiger charge is 2.21. The van der Waals surface area contributed by atoms with Crippen LogP contribution in [0.3, 0.4) is 0 Å². The average Bonchev–Trinajstić information content (AvgIpc) is 2.83. The van der Waals surface area contributed by atoms with Crippen LogP contribution < -0.4 is 10.1 Å². The largest absolute Gasteiger partial charge is 0.496 e. The lowest BCUT2D eigenvalue weighted by Gasteiger charge is -2.07. The molecule has 0 aliphatic carbocycles. The van der Waals surface area contributed by atoms with Gasteiger partial charge >= 0.3 is 0 Å². The van der Waals surface area contributed by atoms with Gasteiger partial charge in [0.05, 0.1) is 29.2 Å². The van der Waals surface area contributed by atoms with E-state index in [-0.39, 0.29) is 0 Å². The maximum atomic E-state index is 6.03. The first-order valence-electron chi connectivity index (χ1n) is 6.79. The van der Waals surface area contributed by atoms with E-state index in [4.69, 9.17) is 13.9 Å². The molecule has 1 aromatic heterocycles. The second-order valence-electron chi connectivity index (χ2n) is 4.69. The van der Waals surface area contributed by atoms with E-state index in [0.29, 0.717) is 13.2 Å². The van der Waals surface area contributed by atoms with Crippen LogP contribution >= 0.6 is 31.9 Å². The zero-order valence-corrected chi connectivity index (χ0v) is 15.6. The minimum Gasteiger partial charge on any atom is -0.496 e. The van der Waals surface area contributed by atoms with Crippen molar-refractivity contribution in [3.8, 4) is 5.75 Å². The van der Waals surface area contributed by atoms with Crippen molar-refractivity contribution in [3.63, 3.8) is 0 Å². The van der Waals surface area contributed by atoms with Crippen molar-refractivity contribution in [2.24, 2.45) is 0 Å². The second kappa shape index (κ2) is 7.63. The first-order valence-corrected chi connectivity index (χ1v) is 8.38. The summed E-state index contributed by atoms with van der Waals surface area (Å²) in [5.41, 5.74) is 1.85. The average molecular weight is 421 g/mol. The molecule has 0 atom stereocenters. The van der Waals surface area contributed by atoms with E-state index in [2.05, 4.69) is 44.1 Å². The molecular weight excluding hydrogens is 402 g/mol. The fourth-order valence-electron chi connectivity index (χ4n) is 2.25. The van der Waals surface area contributed by atoms with E-state index in [1.54, 1.807) is 14.2 Å². The summed E-state index contributed by atoms with van der Waals surface area (Å²) < 4.78 is 18.5. The molecule has 21 heavy (non-hydrogen) atoms. The van der Waals surface area contributed by atoms with Crippen molar-refractivity contribution in [1.29, 1.82) is 0 Å². The minimum absolute atomic E-state index is 0.494. The number of hydrogen-bond acceptors (Lipinski definition) is 4. The van der Waals surface area contributed by atoms with Gasteiger partial charge in [-0.15, -0.1) is 0 Å². The standard InChI is InChI=1S/C15H19Br2NO3/c1-4-5-18-7-12-9(8-19-2)13-14(17)11(20-3)6-10(16)15(13)21-12/h6,18H,4-5,7-8H2,1-3H3. The highest BCUT2D eigenvalue weighted by Crippen LogP contribution is 2.42. The van der Waals surface area contributed by atoms with E-state index in [0.717, 1.165) is 50.0 Å². The van der Waals surface area contributed by atoms with Crippen molar-refractivity contribution >= 4 is 42.8 Å². The van der Waals surface area contributed by atoms with Crippen LogP contribution in [-0.2, 0) is 17.9 Å². The first kappa shape index (κ1) is 16.8. The molecule has 2 aromatic rings. The van der Waals surface area contributed by atoms with Gasteiger partial charge < -0.3 is 19.2 Å². The van der Waals surface area contributed by atoms with Crippen LogP contribution in [-0.4, -0.2) is 20.8 Å². The molecule has 0 radical (unpaired) electrons. The molecule has 0 bridgehead atoms. The fraction of sp³-hybridized carbons (Fsp3) is 0.467. The maximum Gasteiger partial charge on any atom is 0.150 e. The number of hydrogen-bond donors (Lipinski definition) is 1. The highest BCUT2D eigenvalue weighted by molar-refractivity contribution is 9.11. The van der Waals surface area contributed by atoms with Crippen LogP contribution in [0.1, 0.15) is 24.7 Å². The second-order valence-corrected chi connectivity index (χ2v) is 6.34. The number of furan rings is 1. The molecule has 1 aromatic carbocycles. The van der Waals surface area contributed by atoms with Gasteiger partial charge in [0.25, 0.3) is 0 Å². The fourth-order valence-corrected chi connectivity index (χ4v) is 3.43. The van der Waals surface area contributed by atoms with Crippen LogP contribution in [0, 0.1) is 0 Å². The Morgan fingerprint density at radius 1 is 1.29 bits per heavy atom. The summed E-state index contributed by atoms with van der Waals surface area (Å²) in [7, 11) is 3.34. The molecule has 0 aliphatic rings. The normalized spacial score (nSPS) is 11.3. The molecule has 116 valence electrons. The predicted octanol–water partition coefficient (Wildman–Crippen LogP) is 4.61. The SMILES string of the molecule is CCCNCc1oc2c(Br)cc(OC)c(Br)c2c1COC. The van der Waals surface area contributed by atoms with Gasteiger partial charge in [0.2, 0.25) is 0 Å². The minimum atomic E-state index is 0.494. The highest BCUT2D eigenvalue weighted by atomic mass is 79.9. The van der Waals surface area contributed by atoms with Gasteiger partial charge in [-0.2, -0.15) is 0 Å². The molecule has 2 rings (SSSR count). The molecule has 0 aliphatic heterocycles. The van der Waals surface area contributed by atoms with Crippen LogP contribution in [0.2, 0.25) is 0 Å². The van der Waals surface area contributed by atoms with Crippen LogP contribution in [0.15, 0.2) is 19.4 Å². The van der Waals surface area contributed by atoms with Gasteiger partial charge in [0.15, 0.2) is 0 Å². The maximum absolute atomic E-state index is 6.03.